The molecule has 3 aromatic rings. The van der Waals surface area contributed by atoms with Crippen LogP contribution in [0.2, 0.25) is 0 Å². The fraction of sp³-hybridized carbons (Fsp3) is 0.292. The number of rotatable bonds is 6. The Morgan fingerprint density at radius 2 is 2.04 bits per heavy atom. The Hall–Kier alpha value is -2.85. The van der Waals surface area contributed by atoms with Crippen molar-refractivity contribution in [3.8, 4) is 0 Å². The largest absolute Gasteiger partial charge is 0.361 e. The van der Waals surface area contributed by atoms with Gasteiger partial charge in [-0.2, -0.15) is 0 Å². The van der Waals surface area contributed by atoms with Crippen LogP contribution in [-0.4, -0.2) is 30.5 Å². The van der Waals surface area contributed by atoms with Gasteiger partial charge in [0.05, 0.1) is 0 Å². The Bertz CT molecular complexity index is 988. The summed E-state index contributed by atoms with van der Waals surface area (Å²) >= 11 is 0. The lowest BCUT2D eigenvalue weighted by molar-refractivity contribution is 0.0963. The molecule has 1 heterocycles. The zero-order valence-electron chi connectivity index (χ0n) is 16.3. The second-order valence-corrected chi connectivity index (χ2v) is 7.43. The number of fused-ring (bicyclic) bond motifs is 1. The quantitative estimate of drug-likeness (QED) is 0.603. The van der Waals surface area contributed by atoms with Crippen LogP contribution in [0.3, 0.4) is 0 Å². The van der Waals surface area contributed by atoms with Crippen LogP contribution in [-0.2, 0) is 6.42 Å². The van der Waals surface area contributed by atoms with Gasteiger partial charge in [-0.25, -0.2) is 0 Å². The van der Waals surface area contributed by atoms with Gasteiger partial charge in [-0.15, -0.1) is 0 Å². The summed E-state index contributed by atoms with van der Waals surface area (Å²) < 4.78 is 0. The first kappa shape index (κ1) is 18.5. The number of aromatic amines is 1. The van der Waals surface area contributed by atoms with Gasteiger partial charge < -0.3 is 15.6 Å². The second-order valence-electron chi connectivity index (χ2n) is 7.43. The van der Waals surface area contributed by atoms with Gasteiger partial charge in [0.1, 0.15) is 0 Å². The van der Waals surface area contributed by atoms with Crippen molar-refractivity contribution in [3.05, 3.63) is 77.5 Å². The van der Waals surface area contributed by atoms with Gasteiger partial charge >= 0.3 is 0 Å². The van der Waals surface area contributed by atoms with E-state index in [1.54, 1.807) is 7.05 Å². The van der Waals surface area contributed by atoms with Crippen molar-refractivity contribution in [2.24, 2.45) is 0 Å². The van der Waals surface area contributed by atoms with E-state index in [0.29, 0.717) is 11.6 Å². The zero-order chi connectivity index (χ0) is 19.3. The predicted molar refractivity (Wildman–Crippen MR) is 115 cm³/mol. The SMILES string of the molecule is CNC(=O)c1ccc2[nH]cc(C3=CCC(NCCc4ccccc4)CC3)c2c1. The van der Waals surface area contributed by atoms with Crippen LogP contribution in [0.4, 0.5) is 0 Å². The minimum absolute atomic E-state index is 0.0469. The number of hydrogen-bond donors (Lipinski definition) is 3. The molecule has 0 spiro atoms. The monoisotopic (exact) mass is 373 g/mol. The molecular weight excluding hydrogens is 346 g/mol. The molecule has 1 aliphatic carbocycles. The van der Waals surface area contributed by atoms with Crippen molar-refractivity contribution >= 4 is 22.4 Å². The van der Waals surface area contributed by atoms with Crippen molar-refractivity contribution in [1.29, 1.82) is 0 Å². The van der Waals surface area contributed by atoms with Gasteiger partial charge in [0.2, 0.25) is 0 Å². The molecule has 1 aromatic heterocycles. The van der Waals surface area contributed by atoms with Crippen LogP contribution in [0.1, 0.15) is 40.7 Å². The molecule has 3 N–H and O–H groups in total. The maximum atomic E-state index is 12.0. The Kier molecular flexibility index (Phi) is 5.58. The normalized spacial score (nSPS) is 16.8. The molecule has 1 unspecified atom stereocenters. The molecular formula is C24H27N3O. The maximum absolute atomic E-state index is 12.0. The summed E-state index contributed by atoms with van der Waals surface area (Å²) in [7, 11) is 1.67. The number of amides is 1. The van der Waals surface area contributed by atoms with Crippen LogP contribution in [0.5, 0.6) is 0 Å². The lowest BCUT2D eigenvalue weighted by Crippen LogP contribution is -2.31. The summed E-state index contributed by atoms with van der Waals surface area (Å²) in [4.78, 5) is 15.3. The highest BCUT2D eigenvalue weighted by Crippen LogP contribution is 2.32. The third kappa shape index (κ3) is 4.02. The van der Waals surface area contributed by atoms with Crippen molar-refractivity contribution < 1.29 is 4.79 Å². The summed E-state index contributed by atoms with van der Waals surface area (Å²) in [6, 6.07) is 17.0. The molecule has 4 heteroatoms. The summed E-state index contributed by atoms with van der Waals surface area (Å²) in [6.45, 7) is 1.01. The van der Waals surface area contributed by atoms with E-state index in [2.05, 4.69) is 58.2 Å². The van der Waals surface area contributed by atoms with Gasteiger partial charge in [0.15, 0.2) is 0 Å². The number of nitrogens with one attached hydrogen (secondary N) is 3. The van der Waals surface area contributed by atoms with Crippen molar-refractivity contribution in [3.63, 3.8) is 0 Å². The molecule has 0 saturated carbocycles. The van der Waals surface area contributed by atoms with Crippen LogP contribution in [0.25, 0.3) is 16.5 Å². The maximum Gasteiger partial charge on any atom is 0.251 e. The fourth-order valence-electron chi connectivity index (χ4n) is 4.00. The molecule has 28 heavy (non-hydrogen) atoms. The molecule has 4 rings (SSSR count). The van der Waals surface area contributed by atoms with Crippen molar-refractivity contribution in [2.75, 3.05) is 13.6 Å². The number of aromatic nitrogens is 1. The van der Waals surface area contributed by atoms with E-state index in [1.807, 2.05) is 18.2 Å². The summed E-state index contributed by atoms with van der Waals surface area (Å²) in [5, 5.41) is 7.53. The third-order valence-corrected chi connectivity index (χ3v) is 5.62. The number of H-pyrrole nitrogens is 1. The van der Waals surface area contributed by atoms with Crippen LogP contribution >= 0.6 is 0 Å². The first-order valence-corrected chi connectivity index (χ1v) is 10.0. The average molecular weight is 374 g/mol. The van der Waals surface area contributed by atoms with E-state index >= 15 is 0 Å². The summed E-state index contributed by atoms with van der Waals surface area (Å²) in [6.07, 6.45) is 8.75. The van der Waals surface area contributed by atoms with E-state index in [1.165, 1.54) is 16.7 Å². The van der Waals surface area contributed by atoms with Gasteiger partial charge in [-0.1, -0.05) is 36.4 Å². The molecule has 0 radical (unpaired) electrons. The predicted octanol–water partition coefficient (Wildman–Crippen LogP) is 4.30. The highest BCUT2D eigenvalue weighted by molar-refractivity contribution is 6.01. The number of carbonyl (C=O) groups excluding carboxylic acids is 1. The first-order chi connectivity index (χ1) is 13.7. The molecule has 4 nitrogen and oxygen atoms in total. The Labute approximate surface area is 166 Å². The smallest absolute Gasteiger partial charge is 0.251 e. The Balaban J connectivity index is 1.41. The lowest BCUT2D eigenvalue weighted by atomic mass is 9.90. The van der Waals surface area contributed by atoms with Gasteiger partial charge in [-0.05, 0) is 61.6 Å². The number of hydrogen-bond acceptors (Lipinski definition) is 2. The van der Waals surface area contributed by atoms with Gasteiger partial charge in [0.25, 0.3) is 5.91 Å². The van der Waals surface area contributed by atoms with E-state index in [0.717, 1.165) is 43.1 Å². The highest BCUT2D eigenvalue weighted by atomic mass is 16.1. The lowest BCUT2D eigenvalue weighted by Gasteiger charge is -2.23. The third-order valence-electron chi connectivity index (χ3n) is 5.62. The van der Waals surface area contributed by atoms with Crippen LogP contribution in [0, 0.1) is 0 Å². The zero-order valence-corrected chi connectivity index (χ0v) is 16.3. The van der Waals surface area contributed by atoms with Crippen LogP contribution < -0.4 is 10.6 Å². The van der Waals surface area contributed by atoms with Crippen molar-refractivity contribution in [1.82, 2.24) is 15.6 Å². The van der Waals surface area contributed by atoms with E-state index in [-0.39, 0.29) is 5.91 Å². The van der Waals surface area contributed by atoms with Crippen LogP contribution in [0.15, 0.2) is 60.8 Å². The van der Waals surface area contributed by atoms with Crippen molar-refractivity contribution in [2.45, 2.75) is 31.7 Å². The molecule has 1 amide bonds. The first-order valence-electron chi connectivity index (χ1n) is 10.0. The highest BCUT2D eigenvalue weighted by Gasteiger charge is 2.17. The molecule has 0 aliphatic heterocycles. The molecule has 0 fully saturated rings. The Morgan fingerprint density at radius 1 is 1.18 bits per heavy atom. The fourth-order valence-corrected chi connectivity index (χ4v) is 4.00. The van der Waals surface area contributed by atoms with Gasteiger partial charge in [0, 0.05) is 41.3 Å². The molecule has 1 aliphatic rings. The molecule has 0 bridgehead atoms. The molecule has 0 saturated heterocycles. The standard InChI is InChI=1S/C24H27N3O/c1-25-24(28)19-9-12-23-21(15-19)22(16-27-23)18-7-10-20(11-8-18)26-14-13-17-5-3-2-4-6-17/h2-7,9,12,15-16,20,26-27H,8,10-11,13-14H2,1H3,(H,25,28). The number of allylic oxidation sites excluding steroid dienone is 1. The summed E-state index contributed by atoms with van der Waals surface area (Å²) in [5.41, 5.74) is 5.76. The molecule has 1 atom stereocenters. The van der Waals surface area contributed by atoms with E-state index < -0.39 is 0 Å². The van der Waals surface area contributed by atoms with E-state index in [4.69, 9.17) is 0 Å². The second kappa shape index (κ2) is 8.44. The minimum Gasteiger partial charge on any atom is -0.361 e. The van der Waals surface area contributed by atoms with E-state index in [9.17, 15) is 4.79 Å². The molecule has 2 aromatic carbocycles. The minimum atomic E-state index is -0.0469. The molecule has 144 valence electrons. The average Bonchev–Trinajstić information content (AvgIpc) is 3.18. The Morgan fingerprint density at radius 3 is 2.79 bits per heavy atom. The topological polar surface area (TPSA) is 56.9 Å². The number of benzene rings is 2. The number of carbonyl (C=O) groups is 1. The van der Waals surface area contributed by atoms with Gasteiger partial charge in [-0.3, -0.25) is 4.79 Å². The summed E-state index contributed by atoms with van der Waals surface area (Å²) in [5.74, 6) is -0.0469.